The molecule has 2 aromatic rings. The molecule has 0 saturated carbocycles. The Bertz CT molecular complexity index is 1070. The molecule has 4 rings (SSSR count). The third-order valence-corrected chi connectivity index (χ3v) is 8.33. The van der Waals surface area contributed by atoms with Gasteiger partial charge in [-0.15, -0.1) is 0 Å². The van der Waals surface area contributed by atoms with E-state index in [9.17, 15) is 18.0 Å². The zero-order chi connectivity index (χ0) is 23.4. The molecular formula is C24H29N3O5S. The second kappa shape index (κ2) is 9.93. The van der Waals surface area contributed by atoms with Gasteiger partial charge in [-0.25, -0.2) is 13.2 Å². The van der Waals surface area contributed by atoms with Crippen LogP contribution in [0.2, 0.25) is 0 Å². The van der Waals surface area contributed by atoms with E-state index >= 15 is 0 Å². The first-order chi connectivity index (χ1) is 15.9. The van der Waals surface area contributed by atoms with Crippen molar-refractivity contribution < 1.29 is 22.7 Å². The number of benzene rings is 2. The van der Waals surface area contributed by atoms with Crippen molar-refractivity contribution in [3.8, 4) is 0 Å². The molecule has 2 amide bonds. The molecule has 0 bridgehead atoms. The van der Waals surface area contributed by atoms with Crippen LogP contribution in [0, 0.1) is 5.92 Å². The molecule has 2 unspecified atom stereocenters. The molecule has 2 heterocycles. The Hall–Kier alpha value is -2.91. The number of hydrogen-bond acceptors (Lipinski definition) is 5. The van der Waals surface area contributed by atoms with Crippen LogP contribution in [0.1, 0.15) is 24.4 Å². The standard InChI is InChI=1S/C24H29N3O5S/c1-32-24(29)26-16-14-25(15-17-26)23(28)20-12-13-22(19-8-4-2-5-9-19)27(18-20)33(30,31)21-10-6-3-7-11-21/h2-11,20,22H,12-18H2,1H3. The molecular weight excluding hydrogens is 442 g/mol. The Morgan fingerprint density at radius 1 is 0.848 bits per heavy atom. The summed E-state index contributed by atoms with van der Waals surface area (Å²) in [4.78, 5) is 28.6. The van der Waals surface area contributed by atoms with E-state index in [-0.39, 0.29) is 23.4 Å². The number of hydrogen-bond donors (Lipinski definition) is 0. The Morgan fingerprint density at radius 2 is 1.42 bits per heavy atom. The van der Waals surface area contributed by atoms with Gasteiger partial charge in [0.2, 0.25) is 15.9 Å². The lowest BCUT2D eigenvalue weighted by Crippen LogP contribution is -2.54. The molecule has 0 spiro atoms. The second-order valence-corrected chi connectivity index (χ2v) is 10.3. The fourth-order valence-corrected chi connectivity index (χ4v) is 6.35. The van der Waals surface area contributed by atoms with E-state index in [1.165, 1.54) is 11.4 Å². The summed E-state index contributed by atoms with van der Waals surface area (Å²) in [5.74, 6) is -0.479. The lowest BCUT2D eigenvalue weighted by atomic mass is 9.90. The molecule has 176 valence electrons. The van der Waals surface area contributed by atoms with Gasteiger partial charge in [0.15, 0.2) is 0 Å². The minimum atomic E-state index is -3.79. The van der Waals surface area contributed by atoms with Crippen LogP contribution in [-0.4, -0.2) is 74.4 Å². The molecule has 0 N–H and O–H groups in total. The van der Waals surface area contributed by atoms with Gasteiger partial charge in [-0.2, -0.15) is 4.31 Å². The van der Waals surface area contributed by atoms with Gasteiger partial charge in [0.25, 0.3) is 0 Å². The van der Waals surface area contributed by atoms with E-state index in [4.69, 9.17) is 4.74 Å². The highest BCUT2D eigenvalue weighted by Gasteiger charge is 2.41. The molecule has 8 nitrogen and oxygen atoms in total. The Labute approximate surface area is 194 Å². The summed E-state index contributed by atoms with van der Waals surface area (Å²) in [5.41, 5.74) is 0.926. The quantitative estimate of drug-likeness (QED) is 0.684. The molecule has 2 saturated heterocycles. The molecule has 9 heteroatoms. The predicted octanol–water partition coefficient (Wildman–Crippen LogP) is 2.74. The summed E-state index contributed by atoms with van der Waals surface area (Å²) in [7, 11) is -2.45. The smallest absolute Gasteiger partial charge is 0.409 e. The van der Waals surface area contributed by atoms with Gasteiger partial charge in [0.1, 0.15) is 0 Å². The summed E-state index contributed by atoms with van der Waals surface area (Å²) in [6.07, 6.45) is 0.774. The number of rotatable bonds is 4. The largest absolute Gasteiger partial charge is 0.453 e. The van der Waals surface area contributed by atoms with Crippen LogP contribution < -0.4 is 0 Å². The summed E-state index contributed by atoms with van der Waals surface area (Å²) in [5, 5.41) is 0. The van der Waals surface area contributed by atoms with Crippen LogP contribution in [0.4, 0.5) is 4.79 Å². The molecule has 2 aliphatic rings. The van der Waals surface area contributed by atoms with Crippen molar-refractivity contribution in [2.45, 2.75) is 23.8 Å². The van der Waals surface area contributed by atoms with Crippen LogP contribution in [0.3, 0.4) is 0 Å². The number of nitrogens with zero attached hydrogens (tertiary/aromatic N) is 3. The lowest BCUT2D eigenvalue weighted by Gasteiger charge is -2.41. The van der Waals surface area contributed by atoms with Crippen molar-refractivity contribution >= 4 is 22.0 Å². The summed E-state index contributed by atoms with van der Waals surface area (Å²) in [6, 6.07) is 17.6. The van der Waals surface area contributed by atoms with Gasteiger partial charge in [-0.05, 0) is 30.5 Å². The number of piperidine rings is 1. The second-order valence-electron chi connectivity index (χ2n) is 8.37. The number of sulfonamides is 1. The van der Waals surface area contributed by atoms with Crippen molar-refractivity contribution in [2.75, 3.05) is 39.8 Å². The normalized spacial score (nSPS) is 22.1. The van der Waals surface area contributed by atoms with E-state index in [1.54, 1.807) is 40.1 Å². The maximum atomic E-state index is 13.6. The number of ether oxygens (including phenoxy) is 1. The SMILES string of the molecule is COC(=O)N1CCN(C(=O)C2CCC(c3ccccc3)N(S(=O)(=O)c3ccccc3)C2)CC1. The molecule has 0 radical (unpaired) electrons. The van der Waals surface area contributed by atoms with E-state index in [2.05, 4.69) is 0 Å². The van der Waals surface area contributed by atoms with Crippen LogP contribution >= 0.6 is 0 Å². The molecule has 33 heavy (non-hydrogen) atoms. The average molecular weight is 472 g/mol. The molecule has 2 aromatic carbocycles. The first kappa shape index (κ1) is 23.3. The van der Waals surface area contributed by atoms with Crippen molar-refractivity contribution in [1.82, 2.24) is 14.1 Å². The van der Waals surface area contributed by atoms with Gasteiger partial charge in [-0.1, -0.05) is 48.5 Å². The van der Waals surface area contributed by atoms with Crippen molar-refractivity contribution in [3.63, 3.8) is 0 Å². The van der Waals surface area contributed by atoms with Crippen molar-refractivity contribution in [2.24, 2.45) is 5.92 Å². The number of carbonyl (C=O) groups excluding carboxylic acids is 2. The van der Waals surface area contributed by atoms with Crippen LogP contribution in [0.5, 0.6) is 0 Å². The van der Waals surface area contributed by atoms with E-state index in [0.717, 1.165) is 5.56 Å². The Kier molecular flexibility index (Phi) is 6.99. The minimum absolute atomic E-state index is 0.0562. The van der Waals surface area contributed by atoms with E-state index < -0.39 is 22.0 Å². The fraction of sp³-hybridized carbons (Fsp3) is 0.417. The molecule has 0 aliphatic carbocycles. The highest BCUT2D eigenvalue weighted by Crippen LogP contribution is 2.38. The van der Waals surface area contributed by atoms with Crippen molar-refractivity contribution in [3.05, 3.63) is 66.2 Å². The maximum Gasteiger partial charge on any atom is 0.409 e. The third-order valence-electron chi connectivity index (χ3n) is 6.44. The Balaban J connectivity index is 1.55. The average Bonchev–Trinajstić information content (AvgIpc) is 2.88. The van der Waals surface area contributed by atoms with E-state index in [0.29, 0.717) is 39.0 Å². The monoisotopic (exact) mass is 471 g/mol. The van der Waals surface area contributed by atoms with Gasteiger partial charge in [0, 0.05) is 32.7 Å². The van der Waals surface area contributed by atoms with Crippen LogP contribution in [0.15, 0.2) is 65.6 Å². The van der Waals surface area contributed by atoms with Crippen LogP contribution in [-0.2, 0) is 19.6 Å². The zero-order valence-corrected chi connectivity index (χ0v) is 19.5. The zero-order valence-electron chi connectivity index (χ0n) is 18.7. The third kappa shape index (κ3) is 4.89. The topological polar surface area (TPSA) is 87.2 Å². The van der Waals surface area contributed by atoms with Crippen LogP contribution in [0.25, 0.3) is 0 Å². The summed E-state index contributed by atoms with van der Waals surface area (Å²) >= 11 is 0. The van der Waals surface area contributed by atoms with Gasteiger partial charge < -0.3 is 14.5 Å². The van der Waals surface area contributed by atoms with E-state index in [1.807, 2.05) is 30.3 Å². The highest BCUT2D eigenvalue weighted by molar-refractivity contribution is 7.89. The highest BCUT2D eigenvalue weighted by atomic mass is 32.2. The predicted molar refractivity (Wildman–Crippen MR) is 123 cm³/mol. The first-order valence-electron chi connectivity index (χ1n) is 11.2. The lowest BCUT2D eigenvalue weighted by molar-refractivity contribution is -0.138. The number of piperazine rings is 1. The van der Waals surface area contributed by atoms with Gasteiger partial charge >= 0.3 is 6.09 Å². The maximum absolute atomic E-state index is 13.6. The Morgan fingerprint density at radius 3 is 2.03 bits per heavy atom. The molecule has 2 aliphatic heterocycles. The molecule has 2 atom stereocenters. The fourth-order valence-electron chi connectivity index (χ4n) is 4.64. The molecule has 0 aromatic heterocycles. The first-order valence-corrected chi connectivity index (χ1v) is 12.6. The number of carbonyl (C=O) groups is 2. The molecule has 2 fully saturated rings. The summed E-state index contributed by atoms with van der Waals surface area (Å²) < 4.78 is 33.5. The van der Waals surface area contributed by atoms with Crippen molar-refractivity contribution in [1.29, 1.82) is 0 Å². The summed E-state index contributed by atoms with van der Waals surface area (Å²) in [6.45, 7) is 1.77. The number of amides is 2. The number of methoxy groups -OCH3 is 1. The minimum Gasteiger partial charge on any atom is -0.453 e. The van der Waals surface area contributed by atoms with Gasteiger partial charge in [0.05, 0.1) is 24.0 Å². The van der Waals surface area contributed by atoms with Gasteiger partial charge in [-0.3, -0.25) is 4.79 Å².